The first-order valence-corrected chi connectivity index (χ1v) is 6.96. The van der Waals surface area contributed by atoms with E-state index in [4.69, 9.17) is 5.73 Å². The van der Waals surface area contributed by atoms with E-state index in [0.717, 1.165) is 45.6 Å². The van der Waals surface area contributed by atoms with Crippen LogP contribution < -0.4 is 11.1 Å². The predicted molar refractivity (Wildman–Crippen MR) is 78.8 cm³/mol. The van der Waals surface area contributed by atoms with Crippen molar-refractivity contribution in [1.29, 1.82) is 0 Å². The molecule has 102 valence electrons. The quantitative estimate of drug-likeness (QED) is 0.617. The molecule has 0 aliphatic rings. The molecule has 1 aromatic rings. The van der Waals surface area contributed by atoms with Crippen molar-refractivity contribution in [1.82, 2.24) is 10.2 Å². The van der Waals surface area contributed by atoms with Crippen molar-refractivity contribution in [3.63, 3.8) is 0 Å². The van der Waals surface area contributed by atoms with Gasteiger partial charge in [0.2, 0.25) is 0 Å². The van der Waals surface area contributed by atoms with Crippen LogP contribution in [0.1, 0.15) is 18.4 Å². The van der Waals surface area contributed by atoms with E-state index in [9.17, 15) is 0 Å². The average Bonchev–Trinajstić information content (AvgIpc) is 2.41. The smallest absolute Gasteiger partial charge is 0.000834 e. The molecule has 0 bridgehead atoms. The number of benzene rings is 1. The highest BCUT2D eigenvalue weighted by atomic mass is 15.1. The molecule has 0 saturated heterocycles. The van der Waals surface area contributed by atoms with E-state index < -0.39 is 0 Å². The number of rotatable bonds is 10. The van der Waals surface area contributed by atoms with Gasteiger partial charge in [-0.25, -0.2) is 0 Å². The number of nitrogens with zero attached hydrogens (tertiary/aromatic N) is 1. The Bertz CT molecular complexity index is 287. The molecule has 3 N–H and O–H groups in total. The molecule has 1 rings (SSSR count). The standard InChI is InChI=1S/C15H27N3/c1-18(13-5-10-16)14-6-11-17-12-9-15-7-3-2-4-8-15/h2-4,7-8,17H,5-6,9-14,16H2,1H3. The van der Waals surface area contributed by atoms with Crippen LogP contribution in [0.4, 0.5) is 0 Å². The molecule has 0 spiro atoms. The summed E-state index contributed by atoms with van der Waals surface area (Å²) in [6.45, 7) is 5.22. The van der Waals surface area contributed by atoms with Crippen molar-refractivity contribution in [2.24, 2.45) is 5.73 Å². The molecular formula is C15H27N3. The molecule has 0 aromatic heterocycles. The van der Waals surface area contributed by atoms with E-state index in [1.165, 1.54) is 12.0 Å². The van der Waals surface area contributed by atoms with Crippen LogP contribution in [-0.4, -0.2) is 44.7 Å². The van der Waals surface area contributed by atoms with Crippen molar-refractivity contribution in [2.45, 2.75) is 19.3 Å². The van der Waals surface area contributed by atoms with Crippen LogP contribution in [0.3, 0.4) is 0 Å². The fourth-order valence-electron chi connectivity index (χ4n) is 1.95. The second-order valence-corrected chi connectivity index (χ2v) is 4.78. The molecule has 18 heavy (non-hydrogen) atoms. The van der Waals surface area contributed by atoms with E-state index in [0.29, 0.717) is 0 Å². The van der Waals surface area contributed by atoms with Crippen molar-refractivity contribution < 1.29 is 0 Å². The third-order valence-corrected chi connectivity index (χ3v) is 3.07. The Morgan fingerprint density at radius 2 is 1.78 bits per heavy atom. The Kier molecular flexibility index (Phi) is 8.47. The van der Waals surface area contributed by atoms with Crippen LogP contribution in [0.15, 0.2) is 30.3 Å². The minimum Gasteiger partial charge on any atom is -0.330 e. The molecule has 3 heteroatoms. The Morgan fingerprint density at radius 3 is 2.50 bits per heavy atom. The van der Waals surface area contributed by atoms with Gasteiger partial charge in [0.1, 0.15) is 0 Å². The van der Waals surface area contributed by atoms with Crippen LogP contribution in [-0.2, 0) is 6.42 Å². The Balaban J connectivity index is 1.93. The molecule has 0 aliphatic heterocycles. The normalized spacial score (nSPS) is 11.1. The SMILES string of the molecule is CN(CCCN)CCCNCCc1ccccc1. The van der Waals surface area contributed by atoms with Crippen molar-refractivity contribution in [3.8, 4) is 0 Å². The highest BCUT2D eigenvalue weighted by molar-refractivity contribution is 5.14. The van der Waals surface area contributed by atoms with Gasteiger partial charge in [-0.2, -0.15) is 0 Å². The summed E-state index contributed by atoms with van der Waals surface area (Å²) in [5.74, 6) is 0. The molecule has 1 aromatic carbocycles. The van der Waals surface area contributed by atoms with Crippen LogP contribution >= 0.6 is 0 Å². The maximum Gasteiger partial charge on any atom is -0.000834 e. The van der Waals surface area contributed by atoms with Crippen LogP contribution in [0.25, 0.3) is 0 Å². The second-order valence-electron chi connectivity index (χ2n) is 4.78. The van der Waals surface area contributed by atoms with Gasteiger partial charge < -0.3 is 16.0 Å². The summed E-state index contributed by atoms with van der Waals surface area (Å²) < 4.78 is 0. The Labute approximate surface area is 111 Å². The first kappa shape index (κ1) is 15.2. The predicted octanol–water partition coefficient (Wildman–Crippen LogP) is 1.49. The van der Waals surface area contributed by atoms with E-state index in [2.05, 4.69) is 47.6 Å². The summed E-state index contributed by atoms with van der Waals surface area (Å²) in [5, 5.41) is 3.49. The molecule has 0 unspecified atom stereocenters. The topological polar surface area (TPSA) is 41.3 Å². The molecule has 0 aliphatic carbocycles. The summed E-state index contributed by atoms with van der Waals surface area (Å²) in [7, 11) is 2.17. The summed E-state index contributed by atoms with van der Waals surface area (Å²) in [5.41, 5.74) is 6.89. The van der Waals surface area contributed by atoms with Gasteiger partial charge in [-0.15, -0.1) is 0 Å². The van der Waals surface area contributed by atoms with Gasteiger partial charge in [-0.05, 0) is 64.6 Å². The fraction of sp³-hybridized carbons (Fsp3) is 0.600. The van der Waals surface area contributed by atoms with E-state index in [1.807, 2.05) is 0 Å². The minimum absolute atomic E-state index is 0.791. The van der Waals surface area contributed by atoms with Gasteiger partial charge in [0.25, 0.3) is 0 Å². The molecule has 0 fully saturated rings. The lowest BCUT2D eigenvalue weighted by molar-refractivity contribution is 0.324. The van der Waals surface area contributed by atoms with Gasteiger partial charge in [0, 0.05) is 0 Å². The zero-order valence-corrected chi connectivity index (χ0v) is 11.6. The molecule has 3 nitrogen and oxygen atoms in total. The van der Waals surface area contributed by atoms with Crippen molar-refractivity contribution in [2.75, 3.05) is 39.8 Å². The Morgan fingerprint density at radius 1 is 1.06 bits per heavy atom. The molecular weight excluding hydrogens is 222 g/mol. The summed E-state index contributed by atoms with van der Waals surface area (Å²) >= 11 is 0. The van der Waals surface area contributed by atoms with Gasteiger partial charge in [0.15, 0.2) is 0 Å². The van der Waals surface area contributed by atoms with Crippen LogP contribution in [0.5, 0.6) is 0 Å². The van der Waals surface area contributed by atoms with Gasteiger partial charge in [-0.3, -0.25) is 0 Å². The van der Waals surface area contributed by atoms with Crippen molar-refractivity contribution in [3.05, 3.63) is 35.9 Å². The third kappa shape index (κ3) is 7.43. The zero-order chi connectivity index (χ0) is 13.1. The van der Waals surface area contributed by atoms with E-state index in [1.54, 1.807) is 0 Å². The van der Waals surface area contributed by atoms with Crippen LogP contribution in [0.2, 0.25) is 0 Å². The number of hydrogen-bond donors (Lipinski definition) is 2. The Hall–Kier alpha value is -0.900. The van der Waals surface area contributed by atoms with E-state index in [-0.39, 0.29) is 0 Å². The maximum atomic E-state index is 5.49. The van der Waals surface area contributed by atoms with Gasteiger partial charge in [0.05, 0.1) is 0 Å². The lowest BCUT2D eigenvalue weighted by atomic mass is 10.1. The number of nitrogens with two attached hydrogens (primary N) is 1. The molecule has 0 atom stereocenters. The first-order chi connectivity index (χ1) is 8.83. The third-order valence-electron chi connectivity index (χ3n) is 3.07. The second kappa shape index (κ2) is 10.1. The fourth-order valence-corrected chi connectivity index (χ4v) is 1.95. The molecule has 0 radical (unpaired) electrons. The average molecular weight is 249 g/mol. The number of hydrogen-bond acceptors (Lipinski definition) is 3. The monoisotopic (exact) mass is 249 g/mol. The summed E-state index contributed by atoms with van der Waals surface area (Å²) in [4.78, 5) is 2.35. The zero-order valence-electron chi connectivity index (χ0n) is 11.6. The minimum atomic E-state index is 0.791. The van der Waals surface area contributed by atoms with Gasteiger partial charge in [-0.1, -0.05) is 30.3 Å². The largest absolute Gasteiger partial charge is 0.330 e. The lowest BCUT2D eigenvalue weighted by Crippen LogP contribution is -2.26. The molecule has 0 saturated carbocycles. The first-order valence-electron chi connectivity index (χ1n) is 6.96. The summed E-state index contributed by atoms with van der Waals surface area (Å²) in [6, 6.07) is 10.6. The highest BCUT2D eigenvalue weighted by Crippen LogP contribution is 1.98. The number of nitrogens with one attached hydrogen (secondary N) is 1. The molecule has 0 heterocycles. The van der Waals surface area contributed by atoms with Gasteiger partial charge >= 0.3 is 0 Å². The lowest BCUT2D eigenvalue weighted by Gasteiger charge is -2.15. The van der Waals surface area contributed by atoms with Crippen LogP contribution in [0, 0.1) is 0 Å². The maximum absolute atomic E-state index is 5.49. The van der Waals surface area contributed by atoms with Crippen molar-refractivity contribution >= 4 is 0 Å². The highest BCUT2D eigenvalue weighted by Gasteiger charge is 1.97. The summed E-state index contributed by atoms with van der Waals surface area (Å²) in [6.07, 6.45) is 3.41. The van der Waals surface area contributed by atoms with E-state index >= 15 is 0 Å². The molecule has 0 amide bonds.